The van der Waals surface area contributed by atoms with Gasteiger partial charge < -0.3 is 20.3 Å². The first-order chi connectivity index (χ1) is 14.3. The van der Waals surface area contributed by atoms with Gasteiger partial charge >= 0.3 is 0 Å². The molecule has 0 atom stereocenters. The fourth-order valence-electron chi connectivity index (χ4n) is 3.39. The van der Waals surface area contributed by atoms with E-state index in [2.05, 4.69) is 20.5 Å². The molecule has 0 radical (unpaired) electrons. The van der Waals surface area contributed by atoms with Crippen LogP contribution in [0.25, 0.3) is 0 Å². The van der Waals surface area contributed by atoms with Crippen LogP contribution in [0.1, 0.15) is 29.6 Å². The summed E-state index contributed by atoms with van der Waals surface area (Å²) in [5, 5.41) is 6.35. The lowest BCUT2D eigenvalue weighted by Gasteiger charge is -2.34. The summed E-state index contributed by atoms with van der Waals surface area (Å²) in [6.45, 7) is 3.23. The van der Waals surface area contributed by atoms with Crippen molar-refractivity contribution < 1.29 is 9.53 Å². The van der Waals surface area contributed by atoms with Gasteiger partial charge in [0.1, 0.15) is 11.9 Å². The number of para-hydroxylation sites is 1. The number of piperidine rings is 1. The molecule has 1 aliphatic rings. The molecule has 162 valence electrons. The molecule has 30 heavy (non-hydrogen) atoms. The number of halogens is 1. The highest BCUT2D eigenvalue weighted by atomic mass is 127. The van der Waals surface area contributed by atoms with E-state index >= 15 is 0 Å². The molecular formula is C23H31IN4O2. The maximum Gasteiger partial charge on any atom is 0.251 e. The summed E-state index contributed by atoms with van der Waals surface area (Å²) in [5.41, 5.74) is 0.692. The second-order valence-corrected chi connectivity index (χ2v) is 7.07. The standard InChI is InChI=1S/C23H30N4O2.HI/c1-24-23(26-16-8-15-25-22(28)19-9-4-2-5-10-19)27-17-13-21(14-18-27)29-20-11-6-3-7-12-20;/h2-7,9-12,21H,8,13-18H2,1H3,(H,24,26)(H,25,28);1H. The third-order valence-electron chi connectivity index (χ3n) is 4.96. The quantitative estimate of drug-likeness (QED) is 0.253. The van der Waals surface area contributed by atoms with Crippen molar-refractivity contribution in [2.24, 2.45) is 4.99 Å². The van der Waals surface area contributed by atoms with E-state index in [9.17, 15) is 4.79 Å². The molecule has 3 rings (SSSR count). The van der Waals surface area contributed by atoms with E-state index in [0.29, 0.717) is 12.1 Å². The lowest BCUT2D eigenvalue weighted by molar-refractivity contribution is 0.0953. The number of aliphatic imine (C=N–C) groups is 1. The molecule has 2 aromatic rings. The molecule has 1 amide bonds. The number of benzene rings is 2. The van der Waals surface area contributed by atoms with E-state index in [1.807, 2.05) is 67.7 Å². The van der Waals surface area contributed by atoms with Gasteiger partial charge in [0.2, 0.25) is 0 Å². The van der Waals surface area contributed by atoms with Gasteiger partial charge in [-0.3, -0.25) is 9.79 Å². The number of guanidine groups is 1. The number of hydrogen-bond acceptors (Lipinski definition) is 3. The number of likely N-dealkylation sites (tertiary alicyclic amines) is 1. The Morgan fingerprint density at radius 1 is 1.00 bits per heavy atom. The fraction of sp³-hybridized carbons (Fsp3) is 0.391. The van der Waals surface area contributed by atoms with Crippen molar-refractivity contribution in [2.75, 3.05) is 33.2 Å². The molecule has 1 heterocycles. The van der Waals surface area contributed by atoms with Gasteiger partial charge in [0.15, 0.2) is 5.96 Å². The van der Waals surface area contributed by atoms with Crippen LogP contribution in [-0.2, 0) is 0 Å². The highest BCUT2D eigenvalue weighted by molar-refractivity contribution is 14.0. The average Bonchev–Trinajstić information content (AvgIpc) is 2.78. The largest absolute Gasteiger partial charge is 0.490 e. The van der Waals surface area contributed by atoms with Crippen molar-refractivity contribution in [3.8, 4) is 5.75 Å². The third-order valence-corrected chi connectivity index (χ3v) is 4.96. The van der Waals surface area contributed by atoms with Crippen molar-refractivity contribution in [3.05, 3.63) is 66.2 Å². The van der Waals surface area contributed by atoms with Gasteiger partial charge in [-0.05, 0) is 30.7 Å². The predicted molar refractivity (Wildman–Crippen MR) is 132 cm³/mol. The maximum absolute atomic E-state index is 12.0. The lowest BCUT2D eigenvalue weighted by atomic mass is 10.1. The highest BCUT2D eigenvalue weighted by Gasteiger charge is 2.22. The molecule has 1 saturated heterocycles. The number of carbonyl (C=O) groups excluding carboxylic acids is 1. The van der Waals surface area contributed by atoms with Crippen molar-refractivity contribution in [1.82, 2.24) is 15.5 Å². The number of carbonyl (C=O) groups is 1. The molecule has 2 N–H and O–H groups in total. The van der Waals surface area contributed by atoms with E-state index in [1.165, 1.54) is 0 Å². The Kier molecular flexibility index (Phi) is 10.5. The molecule has 0 bridgehead atoms. The molecule has 2 aromatic carbocycles. The zero-order valence-electron chi connectivity index (χ0n) is 17.4. The summed E-state index contributed by atoms with van der Waals surface area (Å²) in [4.78, 5) is 18.7. The Hall–Kier alpha value is -2.29. The maximum atomic E-state index is 12.0. The van der Waals surface area contributed by atoms with Crippen LogP contribution < -0.4 is 15.4 Å². The molecular weight excluding hydrogens is 491 g/mol. The molecule has 1 fully saturated rings. The number of nitrogens with one attached hydrogen (secondary N) is 2. The third kappa shape index (κ3) is 7.51. The molecule has 0 unspecified atom stereocenters. The minimum Gasteiger partial charge on any atom is -0.490 e. The normalized spacial score (nSPS) is 14.6. The van der Waals surface area contributed by atoms with Crippen LogP contribution in [-0.4, -0.2) is 56.1 Å². The number of ether oxygens (including phenoxy) is 1. The van der Waals surface area contributed by atoms with Gasteiger partial charge in [0.05, 0.1) is 0 Å². The summed E-state index contributed by atoms with van der Waals surface area (Å²) in [6.07, 6.45) is 3.04. The Balaban J connectivity index is 0.00000320. The summed E-state index contributed by atoms with van der Waals surface area (Å²) >= 11 is 0. The van der Waals surface area contributed by atoms with Crippen molar-refractivity contribution >= 4 is 35.8 Å². The minimum absolute atomic E-state index is 0. The molecule has 0 saturated carbocycles. The second kappa shape index (κ2) is 13.1. The summed E-state index contributed by atoms with van der Waals surface area (Å²) in [7, 11) is 1.81. The number of rotatable bonds is 7. The predicted octanol–water partition coefficient (Wildman–Crippen LogP) is 3.54. The first-order valence-electron chi connectivity index (χ1n) is 10.3. The molecule has 0 aliphatic carbocycles. The topological polar surface area (TPSA) is 66.0 Å². The van der Waals surface area contributed by atoms with Crippen LogP contribution >= 0.6 is 24.0 Å². The SMILES string of the molecule is CN=C(NCCCNC(=O)c1ccccc1)N1CCC(Oc2ccccc2)CC1.I. The zero-order valence-corrected chi connectivity index (χ0v) is 19.8. The van der Waals surface area contributed by atoms with Gasteiger partial charge in [-0.15, -0.1) is 24.0 Å². The molecule has 6 nitrogen and oxygen atoms in total. The molecule has 0 spiro atoms. The van der Waals surface area contributed by atoms with Crippen LogP contribution in [0.15, 0.2) is 65.7 Å². The van der Waals surface area contributed by atoms with Crippen LogP contribution in [0.2, 0.25) is 0 Å². The first-order valence-corrected chi connectivity index (χ1v) is 10.3. The van der Waals surface area contributed by atoms with Gasteiger partial charge in [-0.25, -0.2) is 0 Å². The van der Waals surface area contributed by atoms with E-state index in [4.69, 9.17) is 4.74 Å². The van der Waals surface area contributed by atoms with Crippen LogP contribution in [0.3, 0.4) is 0 Å². The highest BCUT2D eigenvalue weighted by Crippen LogP contribution is 2.18. The van der Waals surface area contributed by atoms with E-state index < -0.39 is 0 Å². The zero-order chi connectivity index (χ0) is 20.3. The van der Waals surface area contributed by atoms with Crippen LogP contribution in [0, 0.1) is 0 Å². The van der Waals surface area contributed by atoms with E-state index in [-0.39, 0.29) is 36.0 Å². The summed E-state index contributed by atoms with van der Waals surface area (Å²) in [5.74, 6) is 1.82. The lowest BCUT2D eigenvalue weighted by Crippen LogP contribution is -2.47. The number of hydrogen-bond donors (Lipinski definition) is 2. The number of amides is 1. The van der Waals surface area contributed by atoms with Crippen molar-refractivity contribution in [1.29, 1.82) is 0 Å². The van der Waals surface area contributed by atoms with E-state index in [1.54, 1.807) is 0 Å². The second-order valence-electron chi connectivity index (χ2n) is 7.07. The summed E-state index contributed by atoms with van der Waals surface area (Å²) < 4.78 is 6.06. The first kappa shape index (κ1) is 24.0. The fourth-order valence-corrected chi connectivity index (χ4v) is 3.39. The van der Waals surface area contributed by atoms with Gasteiger partial charge in [-0.1, -0.05) is 36.4 Å². The molecule has 1 aliphatic heterocycles. The molecule has 7 heteroatoms. The smallest absolute Gasteiger partial charge is 0.251 e. The Morgan fingerprint density at radius 3 is 2.23 bits per heavy atom. The summed E-state index contributed by atoms with van der Waals surface area (Å²) in [6, 6.07) is 19.3. The van der Waals surface area contributed by atoms with Gasteiger partial charge in [0.25, 0.3) is 5.91 Å². The number of nitrogens with zero attached hydrogens (tertiary/aromatic N) is 2. The van der Waals surface area contributed by atoms with Gasteiger partial charge in [0, 0.05) is 51.6 Å². The van der Waals surface area contributed by atoms with Gasteiger partial charge in [-0.2, -0.15) is 0 Å². The van der Waals surface area contributed by atoms with Crippen LogP contribution in [0.4, 0.5) is 0 Å². The monoisotopic (exact) mass is 522 g/mol. The van der Waals surface area contributed by atoms with Crippen molar-refractivity contribution in [3.63, 3.8) is 0 Å². The minimum atomic E-state index is -0.0320. The van der Waals surface area contributed by atoms with Crippen molar-refractivity contribution in [2.45, 2.75) is 25.4 Å². The Labute approximate surface area is 196 Å². The Morgan fingerprint density at radius 2 is 1.60 bits per heavy atom. The molecule has 0 aromatic heterocycles. The van der Waals surface area contributed by atoms with E-state index in [0.717, 1.165) is 50.6 Å². The Bertz CT molecular complexity index is 778. The average molecular weight is 522 g/mol. The van der Waals surface area contributed by atoms with Crippen LogP contribution in [0.5, 0.6) is 5.75 Å².